The maximum atomic E-state index is 12.1. The second-order valence-electron chi connectivity index (χ2n) is 7.30. The molecule has 1 amide bonds. The van der Waals surface area contributed by atoms with Crippen LogP contribution in [-0.4, -0.2) is 28.5 Å². The first-order valence-electron chi connectivity index (χ1n) is 9.23. The standard InChI is InChI=1S/C20H27N3O2S/c1-15-4-3-9-22(11-15)12-18-7-5-17(6-8-18)10-21-19(24)13-23-16(2)14-26-20(23)25/h5-8,14-15H,3-4,9-13H2,1-2H3,(H,21,24). The summed E-state index contributed by atoms with van der Waals surface area (Å²) in [4.78, 5) is 26.2. The van der Waals surface area contributed by atoms with Crippen molar-refractivity contribution in [3.8, 4) is 0 Å². The van der Waals surface area contributed by atoms with Gasteiger partial charge in [-0.2, -0.15) is 0 Å². The SMILES string of the molecule is Cc1csc(=O)n1CC(=O)NCc1ccc(CN2CCCC(C)C2)cc1. The van der Waals surface area contributed by atoms with Gasteiger partial charge in [-0.05, 0) is 43.4 Å². The molecular formula is C20H27N3O2S. The zero-order chi connectivity index (χ0) is 18.5. The van der Waals surface area contributed by atoms with Gasteiger partial charge in [-0.25, -0.2) is 0 Å². The number of aromatic nitrogens is 1. The van der Waals surface area contributed by atoms with E-state index in [2.05, 4.69) is 41.4 Å². The van der Waals surface area contributed by atoms with E-state index in [-0.39, 0.29) is 17.3 Å². The van der Waals surface area contributed by atoms with Crippen LogP contribution in [0.5, 0.6) is 0 Å². The summed E-state index contributed by atoms with van der Waals surface area (Å²) >= 11 is 1.13. The molecule has 1 unspecified atom stereocenters. The zero-order valence-electron chi connectivity index (χ0n) is 15.5. The lowest BCUT2D eigenvalue weighted by atomic mass is 9.99. The van der Waals surface area contributed by atoms with Crippen molar-refractivity contribution in [1.29, 1.82) is 0 Å². The van der Waals surface area contributed by atoms with E-state index in [4.69, 9.17) is 0 Å². The normalized spacial score (nSPS) is 18.0. The number of likely N-dealkylation sites (tertiary alicyclic amines) is 1. The number of carbonyl (C=O) groups excluding carboxylic acids is 1. The number of carbonyl (C=O) groups is 1. The lowest BCUT2D eigenvalue weighted by Gasteiger charge is -2.30. The summed E-state index contributed by atoms with van der Waals surface area (Å²) in [5, 5.41) is 4.67. The molecule has 0 aliphatic carbocycles. The number of piperidine rings is 1. The monoisotopic (exact) mass is 373 g/mol. The summed E-state index contributed by atoms with van der Waals surface area (Å²) in [6.07, 6.45) is 2.63. The van der Waals surface area contributed by atoms with Crippen molar-refractivity contribution in [1.82, 2.24) is 14.8 Å². The maximum absolute atomic E-state index is 12.1. The van der Waals surface area contributed by atoms with E-state index in [1.165, 1.54) is 36.1 Å². The number of amides is 1. The van der Waals surface area contributed by atoms with Gasteiger partial charge >= 0.3 is 4.87 Å². The Balaban J connectivity index is 1.48. The number of nitrogens with one attached hydrogen (secondary N) is 1. The summed E-state index contributed by atoms with van der Waals surface area (Å²) in [6, 6.07) is 8.44. The molecule has 2 heterocycles. The van der Waals surface area contributed by atoms with E-state index in [0.717, 1.165) is 35.1 Å². The third-order valence-electron chi connectivity index (χ3n) is 4.94. The zero-order valence-corrected chi connectivity index (χ0v) is 16.3. The fourth-order valence-corrected chi connectivity index (χ4v) is 4.18. The largest absolute Gasteiger partial charge is 0.350 e. The van der Waals surface area contributed by atoms with Crippen LogP contribution >= 0.6 is 11.3 Å². The number of rotatable bonds is 6. The van der Waals surface area contributed by atoms with Crippen LogP contribution in [0, 0.1) is 12.8 Å². The lowest BCUT2D eigenvalue weighted by molar-refractivity contribution is -0.121. The van der Waals surface area contributed by atoms with Crippen LogP contribution in [0.1, 0.15) is 36.6 Å². The predicted molar refractivity (Wildman–Crippen MR) is 105 cm³/mol. The van der Waals surface area contributed by atoms with Gasteiger partial charge in [-0.15, -0.1) is 0 Å². The summed E-state index contributed by atoms with van der Waals surface area (Å²) in [6.45, 7) is 8.09. The Morgan fingerprint density at radius 3 is 2.65 bits per heavy atom. The minimum absolute atomic E-state index is 0.0827. The quantitative estimate of drug-likeness (QED) is 0.847. The molecule has 0 bridgehead atoms. The molecule has 1 N–H and O–H groups in total. The number of aryl methyl sites for hydroxylation is 1. The number of thiazole rings is 1. The van der Waals surface area contributed by atoms with E-state index in [0.29, 0.717) is 6.54 Å². The van der Waals surface area contributed by atoms with Gasteiger partial charge in [0.2, 0.25) is 5.91 Å². The van der Waals surface area contributed by atoms with Crippen molar-refractivity contribution in [3.05, 3.63) is 56.1 Å². The average Bonchev–Trinajstić information content (AvgIpc) is 2.93. The van der Waals surface area contributed by atoms with E-state index in [9.17, 15) is 9.59 Å². The van der Waals surface area contributed by atoms with Crippen LogP contribution in [-0.2, 0) is 24.4 Å². The Morgan fingerprint density at radius 1 is 1.27 bits per heavy atom. The van der Waals surface area contributed by atoms with Crippen LogP contribution in [0.3, 0.4) is 0 Å². The first-order chi connectivity index (χ1) is 12.5. The van der Waals surface area contributed by atoms with Crippen LogP contribution in [0.25, 0.3) is 0 Å². The molecule has 1 fully saturated rings. The molecule has 3 rings (SSSR count). The highest BCUT2D eigenvalue weighted by Crippen LogP contribution is 2.18. The highest BCUT2D eigenvalue weighted by molar-refractivity contribution is 7.07. The summed E-state index contributed by atoms with van der Waals surface area (Å²) < 4.78 is 1.50. The molecule has 140 valence electrons. The molecule has 1 saturated heterocycles. The molecule has 6 heteroatoms. The van der Waals surface area contributed by atoms with Crippen LogP contribution in [0.15, 0.2) is 34.4 Å². The lowest BCUT2D eigenvalue weighted by Crippen LogP contribution is -2.33. The molecule has 1 aliphatic heterocycles. The number of hydrogen-bond donors (Lipinski definition) is 1. The smallest absolute Gasteiger partial charge is 0.307 e. The highest BCUT2D eigenvalue weighted by Gasteiger charge is 2.16. The number of hydrogen-bond acceptors (Lipinski definition) is 4. The van der Waals surface area contributed by atoms with Gasteiger partial charge in [0.1, 0.15) is 6.54 Å². The fourth-order valence-electron chi connectivity index (χ4n) is 3.45. The molecule has 0 spiro atoms. The minimum atomic E-state index is -0.139. The van der Waals surface area contributed by atoms with Crippen LogP contribution < -0.4 is 10.2 Å². The Labute approximate surface area is 158 Å². The molecule has 1 aliphatic rings. The van der Waals surface area contributed by atoms with Gasteiger partial charge in [0.25, 0.3) is 0 Å². The molecule has 26 heavy (non-hydrogen) atoms. The van der Waals surface area contributed by atoms with Gasteiger partial charge in [0, 0.05) is 30.7 Å². The Kier molecular flexibility index (Phi) is 6.27. The Hall–Kier alpha value is -1.92. The summed E-state index contributed by atoms with van der Waals surface area (Å²) in [5.41, 5.74) is 3.21. The van der Waals surface area contributed by atoms with Crippen molar-refractivity contribution < 1.29 is 4.79 Å². The minimum Gasteiger partial charge on any atom is -0.350 e. The van der Waals surface area contributed by atoms with Gasteiger partial charge in [0.15, 0.2) is 0 Å². The highest BCUT2D eigenvalue weighted by atomic mass is 32.1. The first kappa shape index (κ1) is 18.9. The third kappa shape index (κ3) is 5.05. The molecular weight excluding hydrogens is 346 g/mol. The summed E-state index contributed by atoms with van der Waals surface area (Å²) in [5.74, 6) is 0.651. The second-order valence-corrected chi connectivity index (χ2v) is 8.13. The van der Waals surface area contributed by atoms with Crippen molar-refractivity contribution >= 4 is 17.2 Å². The van der Waals surface area contributed by atoms with Crippen molar-refractivity contribution in [2.45, 2.75) is 46.3 Å². The number of nitrogens with zero attached hydrogens (tertiary/aromatic N) is 2. The van der Waals surface area contributed by atoms with Crippen LogP contribution in [0.2, 0.25) is 0 Å². The van der Waals surface area contributed by atoms with E-state index >= 15 is 0 Å². The van der Waals surface area contributed by atoms with E-state index in [1.807, 2.05) is 6.92 Å². The van der Waals surface area contributed by atoms with Crippen LogP contribution in [0.4, 0.5) is 0 Å². The maximum Gasteiger partial charge on any atom is 0.307 e. The van der Waals surface area contributed by atoms with Gasteiger partial charge in [-0.3, -0.25) is 19.1 Å². The van der Waals surface area contributed by atoms with E-state index in [1.54, 1.807) is 5.38 Å². The molecule has 1 aromatic carbocycles. The van der Waals surface area contributed by atoms with Gasteiger partial charge in [0.05, 0.1) is 0 Å². The first-order valence-corrected chi connectivity index (χ1v) is 10.1. The average molecular weight is 374 g/mol. The van der Waals surface area contributed by atoms with E-state index < -0.39 is 0 Å². The number of benzene rings is 1. The van der Waals surface area contributed by atoms with Gasteiger partial charge < -0.3 is 5.32 Å². The molecule has 2 aromatic rings. The van der Waals surface area contributed by atoms with Crippen molar-refractivity contribution in [3.63, 3.8) is 0 Å². The molecule has 0 radical (unpaired) electrons. The summed E-state index contributed by atoms with van der Waals surface area (Å²) in [7, 11) is 0. The molecule has 0 saturated carbocycles. The predicted octanol–water partition coefficient (Wildman–Crippen LogP) is 2.77. The second kappa shape index (κ2) is 8.64. The molecule has 5 nitrogen and oxygen atoms in total. The fraction of sp³-hybridized carbons (Fsp3) is 0.500. The van der Waals surface area contributed by atoms with Crippen molar-refractivity contribution in [2.24, 2.45) is 5.92 Å². The Morgan fingerprint density at radius 2 is 2.00 bits per heavy atom. The topological polar surface area (TPSA) is 54.3 Å². The third-order valence-corrected chi connectivity index (χ3v) is 5.82. The molecule has 1 atom stereocenters. The van der Waals surface area contributed by atoms with Gasteiger partial charge in [-0.1, -0.05) is 42.5 Å². The van der Waals surface area contributed by atoms with Crippen molar-refractivity contribution in [2.75, 3.05) is 13.1 Å². The Bertz CT molecular complexity index is 794. The molecule has 1 aromatic heterocycles.